The number of nitrogens with zero attached hydrogens (tertiary/aromatic N) is 3. The third-order valence-corrected chi connectivity index (χ3v) is 5.45. The van der Waals surface area contributed by atoms with E-state index in [0.29, 0.717) is 10.6 Å². The molecule has 3 N–H and O–H groups in total. The molecular formula is C26H28N4O8. The Hall–Kier alpha value is -4.87. The van der Waals surface area contributed by atoms with Crippen LogP contribution in [-0.4, -0.2) is 32.3 Å². The molecule has 0 saturated heterocycles. The fourth-order valence-corrected chi connectivity index (χ4v) is 3.34. The van der Waals surface area contributed by atoms with E-state index in [1.165, 1.54) is 19.2 Å². The standard InChI is InChI=1S/C26H28N4O8/c1-14(2)23(32)37-18-12-11-17(13-19(18)38-24(33)15(3)4)29(26(35)36)20-21(27)30(16-9-7-6-8-10-16)25(34)28(5)22(20)31/h6-15H,27H2,1-5H3,(H,35,36). The molecule has 0 aliphatic rings. The molecule has 200 valence electrons. The van der Waals surface area contributed by atoms with Crippen LogP contribution < -0.4 is 31.4 Å². The number of carbonyl (C=O) groups excluding carboxylic acids is 2. The van der Waals surface area contributed by atoms with Crippen molar-refractivity contribution in [3.8, 4) is 17.2 Å². The molecule has 0 fully saturated rings. The van der Waals surface area contributed by atoms with Gasteiger partial charge >= 0.3 is 23.7 Å². The monoisotopic (exact) mass is 524 g/mol. The number of benzene rings is 2. The Morgan fingerprint density at radius 2 is 1.45 bits per heavy atom. The minimum atomic E-state index is -1.61. The Labute approximate surface area is 217 Å². The SMILES string of the molecule is CC(C)C(=O)Oc1ccc(N(C(=O)O)c2c(N)n(-c3ccccc3)c(=O)n(C)c2=O)cc1OC(=O)C(C)C. The summed E-state index contributed by atoms with van der Waals surface area (Å²) in [5, 5.41) is 10.1. The van der Waals surface area contributed by atoms with Crippen molar-refractivity contribution in [2.45, 2.75) is 27.7 Å². The molecule has 0 aliphatic carbocycles. The number of ether oxygens (including phenoxy) is 2. The van der Waals surface area contributed by atoms with E-state index in [-0.39, 0.29) is 17.2 Å². The second kappa shape index (κ2) is 11.0. The summed E-state index contributed by atoms with van der Waals surface area (Å²) in [6.45, 7) is 6.41. The molecular weight excluding hydrogens is 496 g/mol. The van der Waals surface area contributed by atoms with Gasteiger partial charge in [0.05, 0.1) is 23.2 Å². The fraction of sp³-hybridized carbons (Fsp3) is 0.269. The summed E-state index contributed by atoms with van der Waals surface area (Å²) in [6.07, 6.45) is -1.61. The van der Waals surface area contributed by atoms with Crippen molar-refractivity contribution in [1.82, 2.24) is 9.13 Å². The van der Waals surface area contributed by atoms with Crippen LogP contribution in [0.5, 0.6) is 11.5 Å². The van der Waals surface area contributed by atoms with Crippen molar-refractivity contribution < 1.29 is 29.0 Å². The fourth-order valence-electron chi connectivity index (χ4n) is 3.34. The molecule has 0 radical (unpaired) electrons. The molecule has 3 rings (SSSR count). The maximum Gasteiger partial charge on any atom is 0.416 e. The molecule has 0 atom stereocenters. The minimum absolute atomic E-state index is 0.123. The van der Waals surface area contributed by atoms with Gasteiger partial charge in [-0.15, -0.1) is 0 Å². The largest absolute Gasteiger partial charge is 0.464 e. The normalized spacial score (nSPS) is 10.9. The van der Waals surface area contributed by atoms with Gasteiger partial charge in [-0.25, -0.2) is 19.1 Å². The highest BCUT2D eigenvalue weighted by Crippen LogP contribution is 2.36. The Kier molecular flexibility index (Phi) is 8.04. The number of para-hydroxylation sites is 1. The number of nitrogens with two attached hydrogens (primary N) is 1. The lowest BCUT2D eigenvalue weighted by atomic mass is 10.2. The Morgan fingerprint density at radius 3 is 1.97 bits per heavy atom. The summed E-state index contributed by atoms with van der Waals surface area (Å²) in [6, 6.07) is 11.8. The molecule has 12 nitrogen and oxygen atoms in total. The van der Waals surface area contributed by atoms with Gasteiger partial charge in [-0.1, -0.05) is 45.9 Å². The topological polar surface area (TPSA) is 163 Å². The van der Waals surface area contributed by atoms with E-state index in [9.17, 15) is 29.1 Å². The zero-order chi connectivity index (χ0) is 28.3. The maximum atomic E-state index is 13.2. The number of rotatable bonds is 7. The molecule has 0 unspecified atom stereocenters. The Balaban J connectivity index is 2.27. The lowest BCUT2D eigenvalue weighted by molar-refractivity contribution is -0.140. The van der Waals surface area contributed by atoms with E-state index in [0.717, 1.165) is 15.2 Å². The van der Waals surface area contributed by atoms with Crippen molar-refractivity contribution in [1.29, 1.82) is 0 Å². The number of amides is 1. The van der Waals surface area contributed by atoms with Crippen molar-refractivity contribution >= 4 is 35.2 Å². The average Bonchev–Trinajstić information content (AvgIpc) is 2.86. The molecule has 2 aromatic carbocycles. The smallest absolute Gasteiger partial charge is 0.416 e. The predicted octanol–water partition coefficient (Wildman–Crippen LogP) is 3.06. The van der Waals surface area contributed by atoms with Crippen molar-refractivity contribution in [2.24, 2.45) is 18.9 Å². The van der Waals surface area contributed by atoms with Crippen molar-refractivity contribution in [3.05, 3.63) is 69.4 Å². The summed E-state index contributed by atoms with van der Waals surface area (Å²) in [7, 11) is 1.19. The Morgan fingerprint density at radius 1 is 0.895 bits per heavy atom. The van der Waals surface area contributed by atoms with Gasteiger partial charge in [-0.3, -0.25) is 19.0 Å². The average molecular weight is 525 g/mol. The summed E-state index contributed by atoms with van der Waals surface area (Å²) in [5.74, 6) is -3.12. The van der Waals surface area contributed by atoms with Crippen LogP contribution in [0.2, 0.25) is 0 Å². The highest BCUT2D eigenvalue weighted by molar-refractivity contribution is 5.98. The highest BCUT2D eigenvalue weighted by Gasteiger charge is 2.29. The van der Waals surface area contributed by atoms with Gasteiger partial charge in [-0.2, -0.15) is 0 Å². The first-order valence-corrected chi connectivity index (χ1v) is 11.6. The van der Waals surface area contributed by atoms with E-state index in [2.05, 4.69) is 0 Å². The van der Waals surface area contributed by atoms with Gasteiger partial charge in [0.2, 0.25) is 0 Å². The van der Waals surface area contributed by atoms with Gasteiger partial charge in [0.1, 0.15) is 5.82 Å². The molecule has 3 aromatic rings. The molecule has 0 saturated carbocycles. The molecule has 0 aliphatic heterocycles. The number of carboxylic acid groups (broad SMARTS) is 1. The third-order valence-electron chi connectivity index (χ3n) is 5.45. The Bertz CT molecular complexity index is 1510. The predicted molar refractivity (Wildman–Crippen MR) is 139 cm³/mol. The van der Waals surface area contributed by atoms with E-state index in [4.69, 9.17) is 15.2 Å². The maximum absolute atomic E-state index is 13.2. The van der Waals surface area contributed by atoms with Crippen LogP contribution in [0.1, 0.15) is 27.7 Å². The molecule has 38 heavy (non-hydrogen) atoms. The van der Waals surface area contributed by atoms with Gasteiger partial charge in [0, 0.05) is 13.1 Å². The lowest BCUT2D eigenvalue weighted by Crippen LogP contribution is -2.43. The van der Waals surface area contributed by atoms with Crippen LogP contribution in [0.15, 0.2) is 58.1 Å². The molecule has 0 bridgehead atoms. The number of hydrogen-bond acceptors (Lipinski definition) is 8. The second-order valence-corrected chi connectivity index (χ2v) is 8.95. The van der Waals surface area contributed by atoms with E-state index in [1.54, 1.807) is 58.0 Å². The van der Waals surface area contributed by atoms with Crippen LogP contribution >= 0.6 is 0 Å². The number of esters is 2. The quantitative estimate of drug-likeness (QED) is 0.349. The van der Waals surface area contributed by atoms with Gasteiger partial charge in [0.25, 0.3) is 5.56 Å². The first-order valence-electron chi connectivity index (χ1n) is 11.6. The zero-order valence-corrected chi connectivity index (χ0v) is 21.5. The van der Waals surface area contributed by atoms with E-state index < -0.39 is 52.6 Å². The van der Waals surface area contributed by atoms with Crippen LogP contribution in [0, 0.1) is 11.8 Å². The first kappa shape index (κ1) is 27.7. The molecule has 0 spiro atoms. The summed E-state index contributed by atoms with van der Waals surface area (Å²) >= 11 is 0. The third kappa shape index (κ3) is 5.43. The van der Waals surface area contributed by atoms with E-state index in [1.807, 2.05) is 0 Å². The van der Waals surface area contributed by atoms with Gasteiger partial charge in [0.15, 0.2) is 17.2 Å². The summed E-state index contributed by atoms with van der Waals surface area (Å²) in [4.78, 5) is 63.7. The highest BCUT2D eigenvalue weighted by atomic mass is 16.6. The minimum Gasteiger partial charge on any atom is -0.464 e. The van der Waals surface area contributed by atoms with E-state index >= 15 is 0 Å². The molecule has 1 aromatic heterocycles. The van der Waals surface area contributed by atoms with Crippen LogP contribution in [-0.2, 0) is 16.6 Å². The number of aromatic nitrogens is 2. The second-order valence-electron chi connectivity index (χ2n) is 8.95. The molecule has 1 amide bonds. The van der Waals surface area contributed by atoms with Crippen LogP contribution in [0.25, 0.3) is 5.69 Å². The number of nitrogen functional groups attached to an aromatic ring is 1. The van der Waals surface area contributed by atoms with Crippen molar-refractivity contribution in [2.75, 3.05) is 10.6 Å². The van der Waals surface area contributed by atoms with Crippen molar-refractivity contribution in [3.63, 3.8) is 0 Å². The van der Waals surface area contributed by atoms with Gasteiger partial charge < -0.3 is 20.3 Å². The number of anilines is 3. The van der Waals surface area contributed by atoms with Crippen LogP contribution in [0.4, 0.5) is 22.0 Å². The molecule has 1 heterocycles. The lowest BCUT2D eigenvalue weighted by Gasteiger charge is -2.24. The molecule has 12 heteroatoms. The number of hydrogen-bond donors (Lipinski definition) is 2. The first-order chi connectivity index (χ1) is 17.8. The van der Waals surface area contributed by atoms with Gasteiger partial charge in [-0.05, 0) is 24.3 Å². The van der Waals surface area contributed by atoms with Crippen LogP contribution in [0.3, 0.4) is 0 Å². The zero-order valence-electron chi connectivity index (χ0n) is 21.5. The summed E-state index contributed by atoms with van der Waals surface area (Å²) in [5.41, 5.74) is 4.10. The number of carbonyl (C=O) groups is 3. The summed E-state index contributed by atoms with van der Waals surface area (Å²) < 4.78 is 12.4.